The lowest BCUT2D eigenvalue weighted by Gasteiger charge is -2.27. The Morgan fingerprint density at radius 2 is 1.55 bits per heavy atom. The summed E-state index contributed by atoms with van der Waals surface area (Å²) < 4.78 is 5.56. The molecule has 2 atom stereocenters. The Kier molecular flexibility index (Phi) is 4.37. The topological polar surface area (TPSA) is 76.0 Å². The predicted molar refractivity (Wildman–Crippen MR) is 108 cm³/mol. The molecule has 0 bridgehead atoms. The second-order valence-electron chi connectivity index (χ2n) is 8.35. The summed E-state index contributed by atoms with van der Waals surface area (Å²) in [5, 5.41) is 0. The van der Waals surface area contributed by atoms with Crippen LogP contribution in [0.1, 0.15) is 32.8 Å². The van der Waals surface area contributed by atoms with Gasteiger partial charge >= 0.3 is 5.97 Å². The Hall–Kier alpha value is -3.28. The van der Waals surface area contributed by atoms with Crippen LogP contribution in [-0.4, -0.2) is 23.7 Å². The minimum Gasteiger partial charge on any atom is -0.409 e. The molecule has 0 spiro atoms. The van der Waals surface area contributed by atoms with Gasteiger partial charge in [0.15, 0.2) is 5.54 Å². The van der Waals surface area contributed by atoms with E-state index >= 15 is 0 Å². The third-order valence-electron chi connectivity index (χ3n) is 5.30. The highest BCUT2D eigenvalue weighted by Gasteiger charge is 2.61. The molecule has 4 rings (SSSR count). The first-order valence-corrected chi connectivity index (χ1v) is 9.55. The third-order valence-corrected chi connectivity index (χ3v) is 5.30. The first-order valence-electron chi connectivity index (χ1n) is 9.55. The highest BCUT2D eigenvalue weighted by Crippen LogP contribution is 2.46. The van der Waals surface area contributed by atoms with Crippen molar-refractivity contribution in [2.24, 2.45) is 16.3 Å². The first kappa shape index (κ1) is 19.1. The van der Waals surface area contributed by atoms with Gasteiger partial charge in [-0.1, -0.05) is 69.3 Å². The Bertz CT molecular complexity index is 1010. The minimum atomic E-state index is -1.57. The predicted octanol–water partition coefficient (Wildman–Crippen LogP) is 3.46. The fourth-order valence-corrected chi connectivity index (χ4v) is 3.82. The van der Waals surface area contributed by atoms with Gasteiger partial charge in [0.25, 0.3) is 0 Å². The smallest absolute Gasteiger partial charge is 0.346 e. The van der Waals surface area contributed by atoms with Crippen molar-refractivity contribution in [3.8, 4) is 0 Å². The average Bonchev–Trinajstić information content (AvgIpc) is 3.20. The number of imide groups is 1. The molecular formula is C23H22N2O4. The molecule has 1 saturated heterocycles. The number of hydrogen-bond acceptors (Lipinski definition) is 5. The number of para-hydroxylation sites is 1. The summed E-state index contributed by atoms with van der Waals surface area (Å²) in [4.78, 5) is 45.3. The zero-order valence-electron chi connectivity index (χ0n) is 16.6. The number of nitrogens with zero attached hydrogens (tertiary/aromatic N) is 2. The van der Waals surface area contributed by atoms with E-state index in [0.29, 0.717) is 11.3 Å². The first-order chi connectivity index (χ1) is 13.7. The summed E-state index contributed by atoms with van der Waals surface area (Å²) in [6, 6.07) is 17.6. The quantitative estimate of drug-likeness (QED) is 0.594. The van der Waals surface area contributed by atoms with Crippen LogP contribution in [0.25, 0.3) is 0 Å². The molecule has 2 aromatic rings. The van der Waals surface area contributed by atoms with Crippen molar-refractivity contribution in [1.82, 2.24) is 0 Å². The molecular weight excluding hydrogens is 368 g/mol. The fourth-order valence-electron chi connectivity index (χ4n) is 3.82. The molecule has 148 valence electrons. The van der Waals surface area contributed by atoms with E-state index in [4.69, 9.17) is 4.74 Å². The van der Waals surface area contributed by atoms with Crippen LogP contribution < -0.4 is 4.90 Å². The van der Waals surface area contributed by atoms with Crippen LogP contribution in [0.2, 0.25) is 0 Å². The monoisotopic (exact) mass is 390 g/mol. The van der Waals surface area contributed by atoms with Crippen molar-refractivity contribution < 1.29 is 19.1 Å². The van der Waals surface area contributed by atoms with Gasteiger partial charge in [-0.25, -0.2) is 9.79 Å². The summed E-state index contributed by atoms with van der Waals surface area (Å²) in [5.41, 5.74) is -1.05. The number of carbonyl (C=O) groups excluding carboxylic acids is 3. The second-order valence-corrected chi connectivity index (χ2v) is 8.35. The molecule has 0 radical (unpaired) electrons. The summed E-state index contributed by atoms with van der Waals surface area (Å²) in [5.74, 6) is -2.11. The number of carbonyl (C=O) groups is 3. The maximum atomic E-state index is 13.4. The average molecular weight is 390 g/mol. The van der Waals surface area contributed by atoms with E-state index in [-0.39, 0.29) is 18.2 Å². The number of aliphatic imine (C=N–C) groups is 1. The number of anilines is 1. The van der Waals surface area contributed by atoms with Crippen molar-refractivity contribution in [3.63, 3.8) is 0 Å². The fraction of sp³-hybridized carbons (Fsp3) is 0.304. The highest BCUT2D eigenvalue weighted by molar-refractivity contribution is 6.23. The summed E-state index contributed by atoms with van der Waals surface area (Å²) in [6.07, 6.45) is -0.112. The molecule has 6 heteroatoms. The highest BCUT2D eigenvalue weighted by atomic mass is 16.6. The number of benzene rings is 2. The van der Waals surface area contributed by atoms with Gasteiger partial charge in [0.05, 0.1) is 11.6 Å². The van der Waals surface area contributed by atoms with Crippen LogP contribution in [0.4, 0.5) is 5.69 Å². The number of amides is 2. The van der Waals surface area contributed by atoms with Crippen molar-refractivity contribution in [2.45, 2.75) is 32.7 Å². The molecule has 2 amide bonds. The van der Waals surface area contributed by atoms with Crippen molar-refractivity contribution in [2.75, 3.05) is 4.90 Å². The number of esters is 1. The second kappa shape index (κ2) is 6.65. The Morgan fingerprint density at radius 3 is 2.10 bits per heavy atom. The van der Waals surface area contributed by atoms with Gasteiger partial charge in [-0.2, -0.15) is 0 Å². The van der Waals surface area contributed by atoms with Crippen molar-refractivity contribution in [3.05, 3.63) is 66.2 Å². The van der Waals surface area contributed by atoms with Crippen LogP contribution >= 0.6 is 0 Å². The number of ether oxygens (including phenoxy) is 1. The van der Waals surface area contributed by atoms with Gasteiger partial charge in [-0.3, -0.25) is 14.5 Å². The zero-order valence-corrected chi connectivity index (χ0v) is 16.6. The van der Waals surface area contributed by atoms with Gasteiger partial charge in [0, 0.05) is 11.8 Å². The van der Waals surface area contributed by atoms with Crippen LogP contribution in [0.3, 0.4) is 0 Å². The maximum Gasteiger partial charge on any atom is 0.346 e. The van der Waals surface area contributed by atoms with Gasteiger partial charge < -0.3 is 4.74 Å². The van der Waals surface area contributed by atoms with E-state index < -0.39 is 28.7 Å². The molecule has 1 fully saturated rings. The van der Waals surface area contributed by atoms with E-state index in [1.54, 1.807) is 48.5 Å². The van der Waals surface area contributed by atoms with E-state index in [0.717, 1.165) is 4.90 Å². The zero-order chi connectivity index (χ0) is 20.8. The minimum absolute atomic E-state index is 0.112. The van der Waals surface area contributed by atoms with Gasteiger partial charge in [-0.15, -0.1) is 0 Å². The van der Waals surface area contributed by atoms with Gasteiger partial charge in [-0.05, 0) is 17.7 Å². The number of cyclic esters (lactones) is 1. The standard InChI is InChI=1S/C23H22N2O4/c1-22(2,3)20-24-23(21(28)29-20,15-10-6-4-7-11-15)17-14-18(26)25(19(17)27)16-12-8-5-9-13-16/h4-13,17H,14H2,1-3H3. The lowest BCUT2D eigenvalue weighted by atomic mass is 9.77. The van der Waals surface area contributed by atoms with Crippen LogP contribution in [-0.2, 0) is 24.7 Å². The normalized spacial score (nSPS) is 24.7. The Labute approximate surface area is 169 Å². The van der Waals surface area contributed by atoms with E-state index in [1.807, 2.05) is 32.9 Å². The van der Waals surface area contributed by atoms with Crippen LogP contribution in [0.15, 0.2) is 65.7 Å². The molecule has 0 aliphatic carbocycles. The molecule has 29 heavy (non-hydrogen) atoms. The van der Waals surface area contributed by atoms with Crippen molar-refractivity contribution >= 4 is 29.4 Å². The van der Waals surface area contributed by atoms with E-state index in [9.17, 15) is 14.4 Å². The molecule has 0 N–H and O–H groups in total. The summed E-state index contributed by atoms with van der Waals surface area (Å²) >= 11 is 0. The van der Waals surface area contributed by atoms with Gasteiger partial charge in [0.2, 0.25) is 17.7 Å². The van der Waals surface area contributed by atoms with E-state index in [1.165, 1.54) is 0 Å². The lowest BCUT2D eigenvalue weighted by Crippen LogP contribution is -2.43. The summed E-state index contributed by atoms with van der Waals surface area (Å²) in [6.45, 7) is 5.66. The SMILES string of the molecule is CC(C)(C)C1=NC(c2ccccc2)(C2CC(=O)N(c3ccccc3)C2=O)C(=O)O1. The molecule has 2 unspecified atom stereocenters. The molecule has 2 aliphatic rings. The molecule has 2 aromatic carbocycles. The summed E-state index contributed by atoms with van der Waals surface area (Å²) in [7, 11) is 0. The molecule has 0 aromatic heterocycles. The maximum absolute atomic E-state index is 13.4. The van der Waals surface area contributed by atoms with Gasteiger partial charge in [0.1, 0.15) is 0 Å². The van der Waals surface area contributed by atoms with E-state index in [2.05, 4.69) is 4.99 Å². The number of rotatable bonds is 3. The Balaban J connectivity index is 1.86. The molecule has 2 aliphatic heterocycles. The largest absolute Gasteiger partial charge is 0.409 e. The molecule has 0 saturated carbocycles. The molecule has 2 heterocycles. The van der Waals surface area contributed by atoms with Crippen LogP contribution in [0, 0.1) is 11.3 Å². The van der Waals surface area contributed by atoms with Crippen molar-refractivity contribution in [1.29, 1.82) is 0 Å². The Morgan fingerprint density at radius 1 is 0.966 bits per heavy atom. The lowest BCUT2D eigenvalue weighted by molar-refractivity contribution is -0.144. The number of hydrogen-bond donors (Lipinski definition) is 0. The van der Waals surface area contributed by atoms with Crippen LogP contribution in [0.5, 0.6) is 0 Å². The third kappa shape index (κ3) is 2.95. The molecule has 6 nitrogen and oxygen atoms in total.